The van der Waals surface area contributed by atoms with Crippen molar-refractivity contribution in [2.24, 2.45) is 0 Å². The van der Waals surface area contributed by atoms with E-state index in [-0.39, 0.29) is 23.4 Å². The number of ether oxygens (including phenoxy) is 2. The van der Waals surface area contributed by atoms with Gasteiger partial charge >= 0.3 is 0 Å². The molecule has 1 unspecified atom stereocenters. The van der Waals surface area contributed by atoms with Crippen LogP contribution in [0.25, 0.3) is 0 Å². The highest BCUT2D eigenvalue weighted by molar-refractivity contribution is 6.30. The van der Waals surface area contributed by atoms with Gasteiger partial charge in [0, 0.05) is 49.0 Å². The fourth-order valence-corrected chi connectivity index (χ4v) is 4.61. The molecule has 37 heavy (non-hydrogen) atoms. The summed E-state index contributed by atoms with van der Waals surface area (Å²) >= 11 is 5.93. The summed E-state index contributed by atoms with van der Waals surface area (Å²) in [7, 11) is 2.96. The number of hydrogen-bond donors (Lipinski definition) is 1. The zero-order chi connectivity index (χ0) is 26.7. The molecule has 1 N–H and O–H groups in total. The molecule has 2 atom stereocenters. The highest BCUT2D eigenvalue weighted by Gasteiger charge is 2.45. The Balaban J connectivity index is 1.75. The molecule has 3 aromatic rings. The van der Waals surface area contributed by atoms with E-state index in [1.165, 1.54) is 48.0 Å². The molecule has 0 aliphatic carbocycles. The van der Waals surface area contributed by atoms with Crippen LogP contribution in [0.4, 0.5) is 10.1 Å². The van der Waals surface area contributed by atoms with Gasteiger partial charge in [0.25, 0.3) is 11.5 Å². The fraction of sp³-hybridized carbons (Fsp3) is 0.296. The molecule has 0 spiro atoms. The molecule has 1 aromatic heterocycles. The van der Waals surface area contributed by atoms with Gasteiger partial charge in [-0.3, -0.25) is 14.4 Å². The number of halogens is 2. The van der Waals surface area contributed by atoms with Gasteiger partial charge in [0.1, 0.15) is 23.3 Å². The molecule has 1 aliphatic heterocycles. The molecule has 4 rings (SSSR count). The number of methoxy groups -OCH3 is 2. The van der Waals surface area contributed by atoms with Gasteiger partial charge in [0.05, 0.1) is 13.7 Å². The van der Waals surface area contributed by atoms with E-state index in [0.717, 1.165) is 0 Å². The molecule has 2 amide bonds. The molecule has 0 radical (unpaired) electrons. The summed E-state index contributed by atoms with van der Waals surface area (Å²) in [6.45, 7) is 2.35. The number of nitrogens with zero attached hydrogens (tertiary/aromatic N) is 2. The molecular weight excluding hydrogens is 501 g/mol. The first kappa shape index (κ1) is 26.4. The Morgan fingerprint density at radius 2 is 1.86 bits per heavy atom. The number of carbonyl (C=O) groups excluding carboxylic acids is 2. The largest absolute Gasteiger partial charge is 0.497 e. The monoisotopic (exact) mass is 527 g/mol. The van der Waals surface area contributed by atoms with Gasteiger partial charge in [0.2, 0.25) is 5.91 Å². The molecule has 1 aliphatic rings. The standard InChI is InChI=1S/C27H27ClFN3O5/c1-16-10-11-31(12-13-36-2)27(35)24(16)32-15-21(20-9-8-19(37-3)14-22(20)29)23(26(32)34)30-25(33)17-4-6-18(28)7-5-17/h4-11,14,21,23H,12-13,15H2,1-3H3,(H,30,33)/t21-,23?/m0/s1. The maximum atomic E-state index is 15.2. The molecule has 10 heteroatoms. The van der Waals surface area contributed by atoms with Crippen molar-refractivity contribution in [1.29, 1.82) is 0 Å². The Morgan fingerprint density at radius 3 is 2.51 bits per heavy atom. The topological polar surface area (TPSA) is 89.9 Å². The second-order valence-corrected chi connectivity index (χ2v) is 9.18. The normalized spacial score (nSPS) is 17.2. The molecule has 8 nitrogen and oxygen atoms in total. The molecule has 2 aromatic carbocycles. The molecule has 2 heterocycles. The van der Waals surface area contributed by atoms with Crippen LogP contribution >= 0.6 is 11.6 Å². The zero-order valence-corrected chi connectivity index (χ0v) is 21.4. The lowest BCUT2D eigenvalue weighted by Crippen LogP contribution is -2.44. The van der Waals surface area contributed by atoms with E-state index in [1.807, 2.05) is 0 Å². The predicted molar refractivity (Wildman–Crippen MR) is 138 cm³/mol. The first-order valence-electron chi connectivity index (χ1n) is 11.7. The maximum Gasteiger partial charge on any atom is 0.274 e. The highest BCUT2D eigenvalue weighted by Crippen LogP contribution is 2.35. The summed E-state index contributed by atoms with van der Waals surface area (Å²) in [5, 5.41) is 3.22. The number of aryl methyl sites for hydroxylation is 1. The number of carbonyl (C=O) groups is 2. The average Bonchev–Trinajstić information content (AvgIpc) is 3.19. The van der Waals surface area contributed by atoms with Crippen LogP contribution in [-0.2, 0) is 16.1 Å². The summed E-state index contributed by atoms with van der Waals surface area (Å²) in [6, 6.07) is 11.2. The second-order valence-electron chi connectivity index (χ2n) is 8.74. The van der Waals surface area contributed by atoms with Gasteiger partial charge in [-0.2, -0.15) is 0 Å². The third-order valence-electron chi connectivity index (χ3n) is 6.46. The number of anilines is 1. The van der Waals surface area contributed by atoms with Crippen molar-refractivity contribution in [1.82, 2.24) is 9.88 Å². The minimum absolute atomic E-state index is 0.00197. The molecule has 1 fully saturated rings. The average molecular weight is 528 g/mol. The summed E-state index contributed by atoms with van der Waals surface area (Å²) in [4.78, 5) is 41.5. The smallest absolute Gasteiger partial charge is 0.274 e. The Labute approximate surface area is 218 Å². The predicted octanol–water partition coefficient (Wildman–Crippen LogP) is 3.53. The van der Waals surface area contributed by atoms with Crippen molar-refractivity contribution in [2.45, 2.75) is 25.4 Å². The quantitative estimate of drug-likeness (QED) is 0.484. The number of amides is 2. The van der Waals surface area contributed by atoms with Crippen LogP contribution < -0.4 is 20.5 Å². The molecular formula is C27H27ClFN3O5. The Kier molecular flexibility index (Phi) is 7.94. The van der Waals surface area contributed by atoms with Crippen molar-refractivity contribution >= 4 is 29.1 Å². The van der Waals surface area contributed by atoms with Crippen LogP contribution in [0.2, 0.25) is 5.02 Å². The lowest BCUT2D eigenvalue weighted by Gasteiger charge is -2.20. The van der Waals surface area contributed by atoms with E-state index in [9.17, 15) is 14.4 Å². The van der Waals surface area contributed by atoms with Crippen molar-refractivity contribution < 1.29 is 23.5 Å². The summed E-state index contributed by atoms with van der Waals surface area (Å²) in [5.74, 6) is -2.04. The first-order chi connectivity index (χ1) is 17.7. The van der Waals surface area contributed by atoms with Crippen molar-refractivity contribution in [3.05, 3.63) is 92.6 Å². The molecule has 0 bridgehead atoms. The van der Waals surface area contributed by atoms with Crippen LogP contribution in [-0.4, -0.2) is 49.8 Å². The number of benzene rings is 2. The fourth-order valence-electron chi connectivity index (χ4n) is 4.48. The maximum absolute atomic E-state index is 15.2. The van der Waals surface area contributed by atoms with Crippen LogP contribution in [0, 0.1) is 12.7 Å². The van der Waals surface area contributed by atoms with E-state index in [0.29, 0.717) is 35.1 Å². The lowest BCUT2D eigenvalue weighted by molar-refractivity contribution is -0.118. The van der Waals surface area contributed by atoms with Crippen molar-refractivity contribution in [3.8, 4) is 5.75 Å². The molecule has 1 saturated heterocycles. The van der Waals surface area contributed by atoms with E-state index >= 15 is 4.39 Å². The van der Waals surface area contributed by atoms with Gasteiger partial charge < -0.3 is 24.3 Å². The number of nitrogens with one attached hydrogen (secondary N) is 1. The third kappa shape index (κ3) is 5.38. The number of rotatable bonds is 8. The number of aromatic nitrogens is 1. The van der Waals surface area contributed by atoms with Crippen LogP contribution in [0.5, 0.6) is 5.75 Å². The van der Waals surface area contributed by atoms with E-state index < -0.39 is 29.6 Å². The van der Waals surface area contributed by atoms with Crippen LogP contribution in [0.15, 0.2) is 59.5 Å². The Morgan fingerprint density at radius 1 is 1.14 bits per heavy atom. The van der Waals surface area contributed by atoms with E-state index in [2.05, 4.69) is 5.32 Å². The van der Waals surface area contributed by atoms with Gasteiger partial charge in [-0.1, -0.05) is 17.7 Å². The molecule has 0 saturated carbocycles. The van der Waals surface area contributed by atoms with Crippen molar-refractivity contribution in [2.75, 3.05) is 32.3 Å². The van der Waals surface area contributed by atoms with E-state index in [4.69, 9.17) is 21.1 Å². The third-order valence-corrected chi connectivity index (χ3v) is 6.71. The summed E-state index contributed by atoms with van der Waals surface area (Å²) in [6.07, 6.45) is 1.64. The highest BCUT2D eigenvalue weighted by atomic mass is 35.5. The minimum atomic E-state index is -1.11. The molecule has 194 valence electrons. The van der Waals surface area contributed by atoms with Crippen molar-refractivity contribution in [3.63, 3.8) is 0 Å². The van der Waals surface area contributed by atoms with Gasteiger partial charge in [0.15, 0.2) is 0 Å². The summed E-state index contributed by atoms with van der Waals surface area (Å²) < 4.78 is 26.8. The van der Waals surface area contributed by atoms with E-state index in [1.54, 1.807) is 37.4 Å². The van der Waals surface area contributed by atoms with Crippen LogP contribution in [0.3, 0.4) is 0 Å². The first-order valence-corrected chi connectivity index (χ1v) is 12.0. The SMILES string of the molecule is COCCn1ccc(C)c(N2C[C@@H](c3ccc(OC)cc3F)C(NC(=O)c3ccc(Cl)cc3)C2=O)c1=O. The second kappa shape index (κ2) is 11.1. The van der Waals surface area contributed by atoms with Crippen LogP contribution in [0.1, 0.15) is 27.4 Å². The number of pyridine rings is 1. The van der Waals surface area contributed by atoms with Gasteiger partial charge in [-0.25, -0.2) is 4.39 Å². The van der Waals surface area contributed by atoms with Gasteiger partial charge in [-0.15, -0.1) is 0 Å². The Bertz CT molecular complexity index is 1380. The summed E-state index contributed by atoms with van der Waals surface area (Å²) in [5.41, 5.74) is 0.925. The van der Waals surface area contributed by atoms with Gasteiger partial charge in [-0.05, 0) is 54.4 Å². The zero-order valence-electron chi connectivity index (χ0n) is 20.7. The Hall–Kier alpha value is -3.69. The number of hydrogen-bond acceptors (Lipinski definition) is 5. The minimum Gasteiger partial charge on any atom is -0.497 e. The lowest BCUT2D eigenvalue weighted by atomic mass is 9.93.